The number of aryl methyl sites for hydroxylation is 1. The van der Waals surface area contributed by atoms with Crippen molar-refractivity contribution in [1.29, 1.82) is 0 Å². The lowest BCUT2D eigenvalue weighted by Crippen LogP contribution is -2.16. The van der Waals surface area contributed by atoms with Crippen LogP contribution >= 0.6 is 22.7 Å². The van der Waals surface area contributed by atoms with Crippen LogP contribution in [0.5, 0.6) is 0 Å². The van der Waals surface area contributed by atoms with Gasteiger partial charge in [0.15, 0.2) is 0 Å². The molecule has 2 aromatic rings. The van der Waals surface area contributed by atoms with Crippen molar-refractivity contribution in [2.45, 2.75) is 18.4 Å². The molecule has 2 heterocycles. The molecule has 0 unspecified atom stereocenters. The Kier molecular flexibility index (Phi) is 4.06. The second kappa shape index (κ2) is 5.40. The normalized spacial score (nSPS) is 11.7. The zero-order valence-corrected chi connectivity index (χ0v) is 12.5. The topological polar surface area (TPSA) is 58.2 Å². The Morgan fingerprint density at radius 1 is 1.33 bits per heavy atom. The maximum absolute atomic E-state index is 12.3. The molecule has 0 fully saturated rings. The Labute approximate surface area is 115 Å². The first-order chi connectivity index (χ1) is 8.54. The Balaban J connectivity index is 2.37. The molecule has 0 aliphatic carbocycles. The Morgan fingerprint density at radius 3 is 2.72 bits per heavy atom. The highest BCUT2D eigenvalue weighted by molar-refractivity contribution is 7.93. The number of sulfonamides is 1. The summed E-state index contributed by atoms with van der Waals surface area (Å²) in [5.41, 5.74) is 1.40. The largest absolute Gasteiger partial charge is 0.315 e. The summed E-state index contributed by atoms with van der Waals surface area (Å²) in [6.07, 6.45) is 0. The van der Waals surface area contributed by atoms with Crippen molar-refractivity contribution in [3.63, 3.8) is 0 Å². The minimum atomic E-state index is -3.50. The molecule has 0 saturated heterocycles. The van der Waals surface area contributed by atoms with Crippen LogP contribution in [0.4, 0.5) is 5.69 Å². The first kappa shape index (κ1) is 13.5. The van der Waals surface area contributed by atoms with Crippen molar-refractivity contribution >= 4 is 38.4 Å². The van der Waals surface area contributed by atoms with E-state index in [-0.39, 0.29) is 0 Å². The molecular formula is C11H14N2O2S3. The standard InChI is InChI=1S/C11H14N2O2S3/c1-8-6-17-10(5-12-2)11(8)18(14,15)13-9-3-4-16-7-9/h3-4,6-7,12-13H,5H2,1-2H3. The maximum Gasteiger partial charge on any atom is 0.263 e. The maximum atomic E-state index is 12.3. The van der Waals surface area contributed by atoms with E-state index in [9.17, 15) is 8.42 Å². The molecule has 7 heteroatoms. The summed E-state index contributed by atoms with van der Waals surface area (Å²) in [6.45, 7) is 2.37. The van der Waals surface area contributed by atoms with E-state index < -0.39 is 10.0 Å². The SMILES string of the molecule is CNCc1scc(C)c1S(=O)(=O)Nc1ccsc1. The summed E-state index contributed by atoms with van der Waals surface area (Å²) in [6, 6.07) is 1.75. The fourth-order valence-electron chi connectivity index (χ4n) is 1.66. The molecule has 0 aliphatic rings. The van der Waals surface area contributed by atoms with Crippen LogP contribution in [-0.4, -0.2) is 15.5 Å². The first-order valence-electron chi connectivity index (χ1n) is 5.31. The Hall–Kier alpha value is -0.890. The fourth-order valence-corrected chi connectivity index (χ4v) is 5.20. The van der Waals surface area contributed by atoms with Gasteiger partial charge in [0.1, 0.15) is 4.90 Å². The van der Waals surface area contributed by atoms with Gasteiger partial charge >= 0.3 is 0 Å². The van der Waals surface area contributed by atoms with Gasteiger partial charge in [-0.05, 0) is 36.4 Å². The number of nitrogens with one attached hydrogen (secondary N) is 2. The van der Waals surface area contributed by atoms with E-state index >= 15 is 0 Å². The molecule has 0 saturated carbocycles. The van der Waals surface area contributed by atoms with Crippen LogP contribution in [0.3, 0.4) is 0 Å². The predicted molar refractivity (Wildman–Crippen MR) is 76.9 cm³/mol. The smallest absolute Gasteiger partial charge is 0.263 e. The lowest BCUT2D eigenvalue weighted by atomic mass is 10.3. The van der Waals surface area contributed by atoms with Gasteiger partial charge in [0.05, 0.1) is 5.69 Å². The summed E-state index contributed by atoms with van der Waals surface area (Å²) in [7, 11) is -1.69. The van der Waals surface area contributed by atoms with Crippen molar-refractivity contribution in [2.24, 2.45) is 0 Å². The van der Waals surface area contributed by atoms with Crippen molar-refractivity contribution in [3.8, 4) is 0 Å². The highest BCUT2D eigenvalue weighted by atomic mass is 32.2. The molecule has 0 radical (unpaired) electrons. The molecule has 0 aromatic carbocycles. The molecule has 0 atom stereocenters. The summed E-state index contributed by atoms with van der Waals surface area (Å²) in [5, 5.41) is 8.47. The molecule has 2 aromatic heterocycles. The summed E-state index contributed by atoms with van der Waals surface area (Å²) in [5.74, 6) is 0. The van der Waals surface area contributed by atoms with Crippen molar-refractivity contribution in [3.05, 3.63) is 32.6 Å². The second-order valence-corrected chi connectivity index (χ2v) is 7.18. The summed E-state index contributed by atoms with van der Waals surface area (Å²) >= 11 is 2.92. The molecule has 0 aliphatic heterocycles. The van der Waals surface area contributed by atoms with Crippen molar-refractivity contribution in [2.75, 3.05) is 11.8 Å². The van der Waals surface area contributed by atoms with Crippen LogP contribution < -0.4 is 10.0 Å². The van der Waals surface area contributed by atoms with Gasteiger partial charge in [-0.15, -0.1) is 11.3 Å². The molecule has 4 nitrogen and oxygen atoms in total. The van der Waals surface area contributed by atoms with E-state index in [2.05, 4.69) is 10.0 Å². The van der Waals surface area contributed by atoms with Gasteiger partial charge in [-0.2, -0.15) is 11.3 Å². The molecular weight excluding hydrogens is 288 g/mol. The predicted octanol–water partition coefficient (Wildman–Crippen LogP) is 2.64. The third-order valence-electron chi connectivity index (χ3n) is 2.37. The van der Waals surface area contributed by atoms with Gasteiger partial charge < -0.3 is 5.32 Å². The van der Waals surface area contributed by atoms with Gasteiger partial charge in [-0.25, -0.2) is 8.42 Å². The Morgan fingerprint density at radius 2 is 2.11 bits per heavy atom. The average Bonchev–Trinajstić information content (AvgIpc) is 2.89. The van der Waals surface area contributed by atoms with E-state index in [0.29, 0.717) is 17.1 Å². The average molecular weight is 302 g/mol. The zero-order chi connectivity index (χ0) is 13.2. The van der Waals surface area contributed by atoms with Crippen LogP contribution in [0, 0.1) is 6.92 Å². The number of hydrogen-bond acceptors (Lipinski definition) is 5. The number of thiophene rings is 2. The third-order valence-corrected chi connectivity index (χ3v) is 5.90. The first-order valence-corrected chi connectivity index (χ1v) is 8.61. The van der Waals surface area contributed by atoms with E-state index in [0.717, 1.165) is 10.4 Å². The van der Waals surface area contributed by atoms with Crippen LogP contribution in [0.25, 0.3) is 0 Å². The van der Waals surface area contributed by atoms with Crippen LogP contribution in [0.2, 0.25) is 0 Å². The third kappa shape index (κ3) is 2.74. The minimum absolute atomic E-state index is 0.396. The number of hydrogen-bond donors (Lipinski definition) is 2. The molecule has 18 heavy (non-hydrogen) atoms. The number of anilines is 1. The van der Waals surface area contributed by atoms with Gasteiger partial charge in [0, 0.05) is 16.8 Å². The van der Waals surface area contributed by atoms with Gasteiger partial charge in [0.2, 0.25) is 0 Å². The molecule has 0 spiro atoms. The zero-order valence-electron chi connectivity index (χ0n) is 10.1. The molecule has 2 N–H and O–H groups in total. The van der Waals surface area contributed by atoms with Gasteiger partial charge in [-0.3, -0.25) is 4.72 Å². The van der Waals surface area contributed by atoms with Gasteiger partial charge in [0.25, 0.3) is 10.0 Å². The quantitative estimate of drug-likeness (QED) is 0.892. The highest BCUT2D eigenvalue weighted by Crippen LogP contribution is 2.28. The summed E-state index contributed by atoms with van der Waals surface area (Å²) in [4.78, 5) is 1.23. The van der Waals surface area contributed by atoms with Crippen LogP contribution in [0.1, 0.15) is 10.4 Å². The Bertz CT molecular complexity index is 615. The van der Waals surface area contributed by atoms with E-state index in [1.807, 2.05) is 17.7 Å². The van der Waals surface area contributed by atoms with Crippen LogP contribution in [-0.2, 0) is 16.6 Å². The van der Waals surface area contributed by atoms with E-state index in [1.54, 1.807) is 18.5 Å². The van der Waals surface area contributed by atoms with Crippen molar-refractivity contribution in [1.82, 2.24) is 5.32 Å². The minimum Gasteiger partial charge on any atom is -0.315 e. The lowest BCUT2D eigenvalue weighted by Gasteiger charge is -2.08. The molecule has 98 valence electrons. The highest BCUT2D eigenvalue weighted by Gasteiger charge is 2.22. The second-order valence-electron chi connectivity index (χ2n) is 3.82. The number of rotatable bonds is 5. The van der Waals surface area contributed by atoms with Crippen molar-refractivity contribution < 1.29 is 8.42 Å². The monoisotopic (exact) mass is 302 g/mol. The van der Waals surface area contributed by atoms with E-state index in [1.165, 1.54) is 22.7 Å². The van der Waals surface area contributed by atoms with Crippen LogP contribution in [0.15, 0.2) is 27.1 Å². The van der Waals surface area contributed by atoms with E-state index in [4.69, 9.17) is 0 Å². The van der Waals surface area contributed by atoms with Gasteiger partial charge in [-0.1, -0.05) is 0 Å². The molecule has 0 bridgehead atoms. The summed E-state index contributed by atoms with van der Waals surface area (Å²) < 4.78 is 27.3. The molecule has 2 rings (SSSR count). The fraction of sp³-hybridized carbons (Fsp3) is 0.273. The lowest BCUT2D eigenvalue weighted by molar-refractivity contribution is 0.599. The molecule has 0 amide bonds.